The van der Waals surface area contributed by atoms with Gasteiger partial charge in [-0.15, -0.1) is 0 Å². The zero-order valence-corrected chi connectivity index (χ0v) is 9.86. The molecule has 5 heteroatoms. The van der Waals surface area contributed by atoms with Gasteiger partial charge in [-0.05, 0) is 5.56 Å². The molecule has 0 fully saturated rings. The zero-order chi connectivity index (χ0) is 12.8. The van der Waals surface area contributed by atoms with Crippen molar-refractivity contribution in [2.24, 2.45) is 0 Å². The molecule has 0 saturated heterocycles. The molecule has 0 aliphatic rings. The number of nitrogens with zero attached hydrogens (tertiary/aromatic N) is 2. The first-order chi connectivity index (χ1) is 8.75. The van der Waals surface area contributed by atoms with Crippen LogP contribution in [0, 0.1) is 0 Å². The second-order valence-electron chi connectivity index (χ2n) is 4.02. The summed E-state index contributed by atoms with van der Waals surface area (Å²) in [7, 11) is 0. The number of carboxylic acid groups (broad SMARTS) is 1. The van der Waals surface area contributed by atoms with Gasteiger partial charge in [0, 0.05) is 25.5 Å². The molecule has 0 saturated carbocycles. The first-order valence-electron chi connectivity index (χ1n) is 5.71. The lowest BCUT2D eigenvalue weighted by Crippen LogP contribution is -2.39. The molecular formula is C13H15N3O2. The van der Waals surface area contributed by atoms with Crippen LogP contribution < -0.4 is 5.32 Å². The molecule has 0 aliphatic carbocycles. The van der Waals surface area contributed by atoms with E-state index in [0.717, 1.165) is 5.56 Å². The van der Waals surface area contributed by atoms with Crippen LogP contribution in [0.2, 0.25) is 0 Å². The van der Waals surface area contributed by atoms with Crippen molar-refractivity contribution in [2.45, 2.75) is 19.1 Å². The van der Waals surface area contributed by atoms with Gasteiger partial charge in [-0.3, -0.25) is 10.1 Å². The van der Waals surface area contributed by atoms with Crippen LogP contribution in [-0.4, -0.2) is 26.7 Å². The second-order valence-corrected chi connectivity index (χ2v) is 4.02. The SMILES string of the molecule is O=C(O)C(Cn1ccnc1)NCc1ccccc1. The Balaban J connectivity index is 1.93. The fraction of sp³-hybridized carbons (Fsp3) is 0.231. The molecule has 0 spiro atoms. The van der Waals surface area contributed by atoms with Gasteiger partial charge in [-0.2, -0.15) is 0 Å². The molecule has 1 aromatic carbocycles. The molecule has 1 atom stereocenters. The summed E-state index contributed by atoms with van der Waals surface area (Å²) in [6.07, 6.45) is 5.00. The van der Waals surface area contributed by atoms with E-state index < -0.39 is 12.0 Å². The third-order valence-corrected chi connectivity index (χ3v) is 2.65. The Kier molecular flexibility index (Phi) is 4.09. The van der Waals surface area contributed by atoms with E-state index in [1.165, 1.54) is 0 Å². The Morgan fingerprint density at radius 2 is 2.17 bits per heavy atom. The second kappa shape index (κ2) is 5.97. The molecule has 1 heterocycles. The third kappa shape index (κ3) is 3.43. The van der Waals surface area contributed by atoms with Crippen LogP contribution in [0.1, 0.15) is 5.56 Å². The summed E-state index contributed by atoms with van der Waals surface area (Å²) in [5, 5.41) is 12.2. The lowest BCUT2D eigenvalue weighted by molar-refractivity contribution is -0.139. The third-order valence-electron chi connectivity index (χ3n) is 2.65. The topological polar surface area (TPSA) is 67.1 Å². The van der Waals surface area contributed by atoms with E-state index in [1.807, 2.05) is 30.3 Å². The Labute approximate surface area is 105 Å². The quantitative estimate of drug-likeness (QED) is 0.800. The summed E-state index contributed by atoms with van der Waals surface area (Å²) in [6, 6.07) is 9.10. The first kappa shape index (κ1) is 12.3. The largest absolute Gasteiger partial charge is 0.480 e. The molecule has 94 valence electrons. The number of carbonyl (C=O) groups is 1. The van der Waals surface area contributed by atoms with Gasteiger partial charge in [-0.25, -0.2) is 4.98 Å². The number of aliphatic carboxylic acids is 1. The Morgan fingerprint density at radius 3 is 2.78 bits per heavy atom. The van der Waals surface area contributed by atoms with Gasteiger partial charge in [0.25, 0.3) is 0 Å². The fourth-order valence-electron chi connectivity index (χ4n) is 1.67. The van der Waals surface area contributed by atoms with Crippen LogP contribution >= 0.6 is 0 Å². The highest BCUT2D eigenvalue weighted by molar-refractivity contribution is 5.73. The molecule has 5 nitrogen and oxygen atoms in total. The molecule has 0 amide bonds. The van der Waals surface area contributed by atoms with Crippen LogP contribution in [0.25, 0.3) is 0 Å². The maximum absolute atomic E-state index is 11.2. The van der Waals surface area contributed by atoms with Crippen LogP contribution in [0.4, 0.5) is 0 Å². The summed E-state index contributed by atoms with van der Waals surface area (Å²) >= 11 is 0. The molecule has 1 unspecified atom stereocenters. The van der Waals surface area contributed by atoms with E-state index in [-0.39, 0.29) is 0 Å². The number of rotatable bonds is 6. The van der Waals surface area contributed by atoms with E-state index >= 15 is 0 Å². The molecule has 0 radical (unpaired) electrons. The van der Waals surface area contributed by atoms with Crippen molar-refractivity contribution in [1.29, 1.82) is 0 Å². The van der Waals surface area contributed by atoms with Gasteiger partial charge in [0.2, 0.25) is 0 Å². The molecule has 2 aromatic rings. The number of hydrogen-bond acceptors (Lipinski definition) is 3. The molecule has 0 aliphatic heterocycles. The van der Waals surface area contributed by atoms with Gasteiger partial charge in [0.1, 0.15) is 6.04 Å². The van der Waals surface area contributed by atoms with Crippen molar-refractivity contribution in [3.8, 4) is 0 Å². The van der Waals surface area contributed by atoms with E-state index in [4.69, 9.17) is 5.11 Å². The van der Waals surface area contributed by atoms with Crippen molar-refractivity contribution in [2.75, 3.05) is 0 Å². The molecular weight excluding hydrogens is 230 g/mol. The normalized spacial score (nSPS) is 12.2. The Hall–Kier alpha value is -2.14. The van der Waals surface area contributed by atoms with Gasteiger partial charge >= 0.3 is 5.97 Å². The smallest absolute Gasteiger partial charge is 0.322 e. The monoisotopic (exact) mass is 245 g/mol. The van der Waals surface area contributed by atoms with Crippen LogP contribution in [0.15, 0.2) is 49.1 Å². The van der Waals surface area contributed by atoms with Crippen molar-refractivity contribution < 1.29 is 9.90 Å². The van der Waals surface area contributed by atoms with Gasteiger partial charge in [0.05, 0.1) is 6.33 Å². The highest BCUT2D eigenvalue weighted by Gasteiger charge is 2.16. The summed E-state index contributed by atoms with van der Waals surface area (Å²) < 4.78 is 1.75. The first-order valence-corrected chi connectivity index (χ1v) is 5.71. The number of imidazole rings is 1. The standard InChI is InChI=1S/C13H15N3O2/c17-13(18)12(9-16-7-6-14-10-16)15-8-11-4-2-1-3-5-11/h1-7,10,12,15H,8-9H2,(H,17,18). The van der Waals surface area contributed by atoms with Crippen LogP contribution in [0.5, 0.6) is 0 Å². The lowest BCUT2D eigenvalue weighted by Gasteiger charge is -2.14. The maximum atomic E-state index is 11.2. The predicted molar refractivity (Wildman–Crippen MR) is 66.9 cm³/mol. The predicted octanol–water partition coefficient (Wildman–Crippen LogP) is 1.13. The van der Waals surface area contributed by atoms with Crippen molar-refractivity contribution in [3.63, 3.8) is 0 Å². The Bertz CT molecular complexity index is 482. The minimum atomic E-state index is -0.861. The number of carboxylic acids is 1. The molecule has 18 heavy (non-hydrogen) atoms. The van der Waals surface area contributed by atoms with Crippen molar-refractivity contribution in [1.82, 2.24) is 14.9 Å². The number of aromatic nitrogens is 2. The average Bonchev–Trinajstić information content (AvgIpc) is 2.88. The number of benzene rings is 1. The van der Waals surface area contributed by atoms with E-state index in [9.17, 15) is 4.79 Å². The summed E-state index contributed by atoms with van der Waals surface area (Å²) in [5.74, 6) is -0.861. The van der Waals surface area contributed by atoms with Crippen LogP contribution in [0.3, 0.4) is 0 Å². The average molecular weight is 245 g/mol. The Morgan fingerprint density at radius 1 is 1.39 bits per heavy atom. The molecule has 1 aromatic heterocycles. The number of hydrogen-bond donors (Lipinski definition) is 2. The zero-order valence-electron chi connectivity index (χ0n) is 9.86. The minimum absolute atomic E-state index is 0.363. The number of nitrogens with one attached hydrogen (secondary N) is 1. The summed E-state index contributed by atoms with van der Waals surface area (Å²) in [5.41, 5.74) is 1.06. The van der Waals surface area contributed by atoms with Gasteiger partial charge in [-0.1, -0.05) is 30.3 Å². The molecule has 2 rings (SSSR count). The van der Waals surface area contributed by atoms with Gasteiger partial charge < -0.3 is 9.67 Å². The highest BCUT2D eigenvalue weighted by Crippen LogP contribution is 2.00. The fourth-order valence-corrected chi connectivity index (χ4v) is 1.67. The maximum Gasteiger partial charge on any atom is 0.322 e. The van der Waals surface area contributed by atoms with Crippen molar-refractivity contribution in [3.05, 3.63) is 54.6 Å². The minimum Gasteiger partial charge on any atom is -0.480 e. The summed E-state index contributed by atoms with van der Waals surface area (Å²) in [4.78, 5) is 15.0. The summed E-state index contributed by atoms with van der Waals surface area (Å²) in [6.45, 7) is 0.897. The molecule has 2 N–H and O–H groups in total. The highest BCUT2D eigenvalue weighted by atomic mass is 16.4. The lowest BCUT2D eigenvalue weighted by atomic mass is 10.2. The molecule has 0 bridgehead atoms. The van der Waals surface area contributed by atoms with E-state index in [1.54, 1.807) is 23.3 Å². The van der Waals surface area contributed by atoms with E-state index in [2.05, 4.69) is 10.3 Å². The van der Waals surface area contributed by atoms with Gasteiger partial charge in [0.15, 0.2) is 0 Å². The van der Waals surface area contributed by atoms with Crippen LogP contribution in [-0.2, 0) is 17.9 Å². The van der Waals surface area contributed by atoms with Crippen molar-refractivity contribution >= 4 is 5.97 Å². The van der Waals surface area contributed by atoms with E-state index in [0.29, 0.717) is 13.1 Å².